The predicted octanol–water partition coefficient (Wildman–Crippen LogP) is 4.17. The van der Waals surface area contributed by atoms with Crippen molar-refractivity contribution in [1.82, 2.24) is 20.0 Å². The molecule has 0 amide bonds. The number of anilines is 2. The van der Waals surface area contributed by atoms with Gasteiger partial charge in [-0.1, -0.05) is 32.6 Å². The van der Waals surface area contributed by atoms with E-state index in [0.29, 0.717) is 30.6 Å². The molecule has 32 heavy (non-hydrogen) atoms. The number of hydroxylamine groups is 2. The average Bonchev–Trinajstić information content (AvgIpc) is 2.76. The molecule has 1 saturated carbocycles. The van der Waals surface area contributed by atoms with Crippen LogP contribution in [-0.4, -0.2) is 68.0 Å². The number of piperidine rings is 1. The van der Waals surface area contributed by atoms with Gasteiger partial charge in [-0.3, -0.25) is 4.84 Å². The summed E-state index contributed by atoms with van der Waals surface area (Å²) in [5.41, 5.74) is -0.196. The Morgan fingerprint density at radius 3 is 2.44 bits per heavy atom. The molecule has 1 aliphatic heterocycles. The molecule has 2 heterocycles. The van der Waals surface area contributed by atoms with Crippen LogP contribution in [0.25, 0.3) is 0 Å². The molecule has 3 rings (SSSR count). The Morgan fingerprint density at radius 1 is 1.12 bits per heavy atom. The van der Waals surface area contributed by atoms with Gasteiger partial charge in [0.15, 0.2) is 0 Å². The summed E-state index contributed by atoms with van der Waals surface area (Å²) >= 11 is 0. The number of hydrogen-bond donors (Lipinski definition) is 2. The minimum absolute atomic E-state index is 0.0440. The molecular weight excluding hydrogens is 404 g/mol. The molecule has 1 aromatic heterocycles. The Morgan fingerprint density at radius 2 is 1.81 bits per heavy atom. The zero-order valence-corrected chi connectivity index (χ0v) is 20.8. The van der Waals surface area contributed by atoms with E-state index in [2.05, 4.69) is 64.9 Å². The van der Waals surface area contributed by atoms with E-state index in [9.17, 15) is 0 Å². The van der Waals surface area contributed by atoms with Crippen LogP contribution in [0.3, 0.4) is 0 Å². The number of aliphatic hydroxyl groups is 1. The van der Waals surface area contributed by atoms with E-state index in [1.807, 2.05) is 0 Å². The minimum Gasteiger partial charge on any atom is -0.395 e. The van der Waals surface area contributed by atoms with Gasteiger partial charge < -0.3 is 15.3 Å². The van der Waals surface area contributed by atoms with Gasteiger partial charge >= 0.3 is 0 Å². The highest BCUT2D eigenvalue weighted by Gasteiger charge is 2.49. The third kappa shape index (κ3) is 6.29. The lowest BCUT2D eigenvalue weighted by molar-refractivity contribution is -0.310. The van der Waals surface area contributed by atoms with Crippen molar-refractivity contribution in [2.45, 2.75) is 116 Å². The van der Waals surface area contributed by atoms with E-state index in [1.165, 1.54) is 32.1 Å². The third-order valence-electron chi connectivity index (χ3n) is 6.78. The molecule has 0 atom stereocenters. The molecule has 182 valence electrons. The first kappa shape index (κ1) is 25.1. The van der Waals surface area contributed by atoms with Crippen LogP contribution in [0.5, 0.6) is 0 Å². The quantitative estimate of drug-likeness (QED) is 0.552. The van der Waals surface area contributed by atoms with Gasteiger partial charge in [0.05, 0.1) is 12.7 Å². The zero-order valence-electron chi connectivity index (χ0n) is 20.8. The molecular formula is C24H44N6O2. The number of rotatable bonds is 10. The van der Waals surface area contributed by atoms with E-state index < -0.39 is 0 Å². The molecule has 8 heteroatoms. The van der Waals surface area contributed by atoms with Gasteiger partial charge in [-0.2, -0.15) is 10.0 Å². The van der Waals surface area contributed by atoms with Crippen molar-refractivity contribution in [2.24, 2.45) is 0 Å². The van der Waals surface area contributed by atoms with E-state index in [1.54, 1.807) is 6.33 Å². The lowest BCUT2D eigenvalue weighted by atomic mass is 9.78. The number of hydrogen-bond acceptors (Lipinski definition) is 8. The first-order valence-electron chi connectivity index (χ1n) is 12.5. The van der Waals surface area contributed by atoms with Crippen LogP contribution >= 0.6 is 0 Å². The summed E-state index contributed by atoms with van der Waals surface area (Å²) in [5.74, 6) is 1.23. The first-order valence-corrected chi connectivity index (χ1v) is 12.5. The van der Waals surface area contributed by atoms with E-state index in [-0.39, 0.29) is 17.7 Å². The summed E-state index contributed by atoms with van der Waals surface area (Å²) in [5, 5.41) is 14.5. The van der Waals surface area contributed by atoms with Gasteiger partial charge in [0.25, 0.3) is 0 Å². The van der Waals surface area contributed by atoms with Crippen molar-refractivity contribution in [3.05, 3.63) is 6.33 Å². The number of nitrogens with one attached hydrogen (secondary N) is 1. The van der Waals surface area contributed by atoms with Crippen molar-refractivity contribution in [1.29, 1.82) is 0 Å². The van der Waals surface area contributed by atoms with Crippen molar-refractivity contribution in [2.75, 3.05) is 29.9 Å². The van der Waals surface area contributed by atoms with E-state index in [4.69, 9.17) is 9.94 Å². The average molecular weight is 449 g/mol. The number of aromatic nitrogens is 3. The predicted molar refractivity (Wildman–Crippen MR) is 129 cm³/mol. The maximum absolute atomic E-state index is 9.12. The van der Waals surface area contributed by atoms with E-state index in [0.717, 1.165) is 32.2 Å². The van der Waals surface area contributed by atoms with Crippen LogP contribution < -0.4 is 10.2 Å². The Labute approximate surface area is 194 Å². The minimum atomic E-state index is -0.0979. The molecule has 1 saturated heterocycles. The summed E-state index contributed by atoms with van der Waals surface area (Å²) in [6, 6.07) is 0.311. The molecule has 0 aromatic carbocycles. The number of unbranched alkanes of at least 4 members (excludes halogenated alkanes) is 1. The normalized spacial score (nSPS) is 22.1. The second kappa shape index (κ2) is 11.1. The fourth-order valence-corrected chi connectivity index (χ4v) is 5.49. The van der Waals surface area contributed by atoms with Gasteiger partial charge in [0.1, 0.15) is 6.33 Å². The molecule has 0 radical (unpaired) electrons. The highest BCUT2D eigenvalue weighted by atomic mass is 16.7. The molecule has 2 aliphatic rings. The first-order chi connectivity index (χ1) is 15.3. The molecule has 0 unspecified atom stereocenters. The highest BCUT2D eigenvalue weighted by molar-refractivity contribution is 5.37. The monoisotopic (exact) mass is 448 g/mol. The summed E-state index contributed by atoms with van der Waals surface area (Å²) in [6.07, 6.45) is 12.3. The van der Waals surface area contributed by atoms with Gasteiger partial charge in [0, 0.05) is 30.2 Å². The van der Waals surface area contributed by atoms with Crippen LogP contribution in [0.15, 0.2) is 6.33 Å². The number of aliphatic hydroxyl groups excluding tert-OH is 1. The lowest BCUT2D eigenvalue weighted by Crippen LogP contribution is -2.65. The second-order valence-electron chi connectivity index (χ2n) is 10.7. The molecule has 2 fully saturated rings. The Kier molecular flexibility index (Phi) is 8.69. The van der Waals surface area contributed by atoms with Crippen LogP contribution in [0.2, 0.25) is 0 Å². The largest absolute Gasteiger partial charge is 0.395 e. The van der Waals surface area contributed by atoms with Crippen molar-refractivity contribution in [3.63, 3.8) is 0 Å². The molecule has 0 spiro atoms. The van der Waals surface area contributed by atoms with Gasteiger partial charge in [-0.05, 0) is 59.8 Å². The zero-order chi connectivity index (χ0) is 23.2. The second-order valence-corrected chi connectivity index (χ2v) is 10.7. The van der Waals surface area contributed by atoms with Gasteiger partial charge in [-0.25, -0.2) is 9.97 Å². The summed E-state index contributed by atoms with van der Waals surface area (Å²) in [7, 11) is 0. The Bertz CT molecular complexity index is 689. The summed E-state index contributed by atoms with van der Waals surface area (Å²) < 4.78 is 0. The summed E-state index contributed by atoms with van der Waals surface area (Å²) in [6.45, 7) is 12.8. The number of nitrogens with zero attached hydrogens (tertiary/aromatic N) is 5. The van der Waals surface area contributed by atoms with Crippen LogP contribution in [0.1, 0.15) is 92.4 Å². The fraction of sp³-hybridized carbons (Fsp3) is 0.875. The highest BCUT2D eigenvalue weighted by Crippen LogP contribution is 2.42. The smallest absolute Gasteiger partial charge is 0.230 e. The van der Waals surface area contributed by atoms with Crippen molar-refractivity contribution in [3.8, 4) is 0 Å². The molecule has 8 nitrogen and oxygen atoms in total. The van der Waals surface area contributed by atoms with Crippen molar-refractivity contribution >= 4 is 11.9 Å². The van der Waals surface area contributed by atoms with E-state index >= 15 is 0 Å². The maximum Gasteiger partial charge on any atom is 0.230 e. The third-order valence-corrected chi connectivity index (χ3v) is 6.78. The van der Waals surface area contributed by atoms with Crippen molar-refractivity contribution < 1.29 is 9.94 Å². The lowest BCUT2D eigenvalue weighted by Gasteiger charge is -2.56. The molecule has 1 aromatic rings. The van der Waals surface area contributed by atoms with Gasteiger partial charge in [-0.15, -0.1) is 0 Å². The standard InChI is InChI=1S/C24H44N6O2/c1-6-7-14-29(22-27-18-26-21(28-22)25-13-15-31)19-16-23(2,3)30(24(4,5)17-19)32-20-11-9-8-10-12-20/h18-20,31H,6-17H2,1-5H3,(H,25,26,27,28). The summed E-state index contributed by atoms with van der Waals surface area (Å²) in [4.78, 5) is 22.5. The topological polar surface area (TPSA) is 86.6 Å². The fourth-order valence-electron chi connectivity index (χ4n) is 5.49. The Balaban J connectivity index is 1.80. The Hall–Kier alpha value is -1.51. The molecule has 0 bridgehead atoms. The van der Waals surface area contributed by atoms with Gasteiger partial charge in [0.2, 0.25) is 11.9 Å². The van der Waals surface area contributed by atoms with Crippen LogP contribution in [0.4, 0.5) is 11.9 Å². The SMILES string of the molecule is CCCCN(c1ncnc(NCCO)n1)C1CC(C)(C)N(OC2CCCCC2)C(C)(C)C1. The molecule has 1 aliphatic carbocycles. The maximum atomic E-state index is 9.12. The van der Waals surface area contributed by atoms with Crippen LogP contribution in [0, 0.1) is 0 Å². The molecule has 2 N–H and O–H groups in total. The van der Waals surface area contributed by atoms with Crippen LogP contribution in [-0.2, 0) is 4.84 Å².